The zero-order valence-electron chi connectivity index (χ0n) is 11.1. The quantitative estimate of drug-likeness (QED) is 0.660. The molecule has 0 bridgehead atoms. The number of hydrogen-bond donors (Lipinski definition) is 1. The number of nitrogens with one attached hydrogen (secondary N) is 1. The van der Waals surface area contributed by atoms with Gasteiger partial charge in [-0.2, -0.15) is 0 Å². The average Bonchev–Trinajstić information content (AvgIpc) is 2.16. The number of ether oxygens (including phenoxy) is 1. The number of halogens is 1. The number of rotatable bonds is 9. The minimum absolute atomic E-state index is 0.0109. The lowest BCUT2D eigenvalue weighted by molar-refractivity contribution is 0.0910. The Bertz CT molecular complexity index is 306. The summed E-state index contributed by atoms with van der Waals surface area (Å²) in [6, 6.07) is 0. The first-order valence-electron chi connectivity index (χ1n) is 5.94. The highest BCUT2D eigenvalue weighted by atomic mass is 35.5. The third-order valence-corrected chi connectivity index (χ3v) is 4.33. The van der Waals surface area contributed by atoms with E-state index in [9.17, 15) is 8.42 Å². The molecule has 0 aromatic rings. The molecule has 4 nitrogen and oxygen atoms in total. The molecule has 0 radical (unpaired) electrons. The predicted octanol–water partition coefficient (Wildman–Crippen LogP) is 2.13. The number of alkyl halides is 1. The van der Waals surface area contributed by atoms with Gasteiger partial charge in [0, 0.05) is 11.4 Å². The van der Waals surface area contributed by atoms with Gasteiger partial charge in [-0.15, -0.1) is 11.6 Å². The molecule has 0 rings (SSSR count). The van der Waals surface area contributed by atoms with Crippen LogP contribution in [0.2, 0.25) is 0 Å². The summed E-state index contributed by atoms with van der Waals surface area (Å²) in [7, 11) is -3.30. The third kappa shape index (κ3) is 7.97. The molecular weight excluding hydrogens is 262 g/mol. The van der Waals surface area contributed by atoms with E-state index in [4.69, 9.17) is 16.3 Å². The highest BCUT2D eigenvalue weighted by Gasteiger charge is 2.27. The molecule has 0 fully saturated rings. The summed E-state index contributed by atoms with van der Waals surface area (Å²) in [6.45, 7) is 7.79. The van der Waals surface area contributed by atoms with E-state index in [2.05, 4.69) is 4.72 Å². The summed E-state index contributed by atoms with van der Waals surface area (Å²) in [6.07, 6.45) is 1.38. The van der Waals surface area contributed by atoms with Gasteiger partial charge in [-0.05, 0) is 33.6 Å². The molecule has 1 unspecified atom stereocenters. The van der Waals surface area contributed by atoms with Crippen molar-refractivity contribution in [3.63, 3.8) is 0 Å². The molecule has 0 aromatic heterocycles. The van der Waals surface area contributed by atoms with Gasteiger partial charge < -0.3 is 4.74 Å². The second-order valence-corrected chi connectivity index (χ2v) is 6.91. The summed E-state index contributed by atoms with van der Waals surface area (Å²) in [5.41, 5.74) is -0.460. The van der Waals surface area contributed by atoms with E-state index in [1.165, 1.54) is 0 Å². The van der Waals surface area contributed by atoms with E-state index < -0.39 is 15.6 Å². The second-order valence-electron chi connectivity index (χ2n) is 4.69. The Morgan fingerprint density at radius 3 is 2.41 bits per heavy atom. The summed E-state index contributed by atoms with van der Waals surface area (Å²) in [5, 5.41) is 0. The Hall–Kier alpha value is 0.160. The topological polar surface area (TPSA) is 55.4 Å². The molecule has 1 N–H and O–H groups in total. The lowest BCUT2D eigenvalue weighted by Gasteiger charge is -2.28. The van der Waals surface area contributed by atoms with Crippen LogP contribution in [0.4, 0.5) is 0 Å². The zero-order chi connectivity index (χ0) is 13.5. The number of hydrogen-bond acceptors (Lipinski definition) is 3. The maximum Gasteiger partial charge on any atom is 0.214 e. The van der Waals surface area contributed by atoms with Gasteiger partial charge in [0.15, 0.2) is 0 Å². The molecule has 0 aromatic carbocycles. The van der Waals surface area contributed by atoms with E-state index in [1.54, 1.807) is 0 Å². The Balaban J connectivity index is 4.32. The summed E-state index contributed by atoms with van der Waals surface area (Å²) < 4.78 is 31.6. The van der Waals surface area contributed by atoms with Gasteiger partial charge >= 0.3 is 0 Å². The van der Waals surface area contributed by atoms with E-state index in [0.717, 1.165) is 0 Å². The van der Waals surface area contributed by atoms with Crippen LogP contribution in [0.15, 0.2) is 0 Å². The summed E-state index contributed by atoms with van der Waals surface area (Å²) in [4.78, 5) is 0. The molecule has 17 heavy (non-hydrogen) atoms. The Morgan fingerprint density at radius 1 is 1.41 bits per heavy atom. The monoisotopic (exact) mass is 285 g/mol. The fourth-order valence-corrected chi connectivity index (χ4v) is 3.16. The first kappa shape index (κ1) is 17.2. The average molecular weight is 286 g/mol. The lowest BCUT2D eigenvalue weighted by Crippen LogP contribution is -2.47. The van der Waals surface area contributed by atoms with Crippen LogP contribution < -0.4 is 4.72 Å². The Labute approximate surface area is 110 Å². The fraction of sp³-hybridized carbons (Fsp3) is 1.00. The smallest absolute Gasteiger partial charge is 0.214 e. The van der Waals surface area contributed by atoms with Gasteiger partial charge in [0.05, 0.1) is 18.5 Å². The third-order valence-electron chi connectivity index (χ3n) is 2.63. The largest absolute Gasteiger partial charge is 0.378 e. The van der Waals surface area contributed by atoms with Crippen LogP contribution in [-0.2, 0) is 14.8 Å². The fourth-order valence-electron chi connectivity index (χ4n) is 1.33. The molecular formula is C11H24ClNO3S. The van der Waals surface area contributed by atoms with E-state index >= 15 is 0 Å². The van der Waals surface area contributed by atoms with Gasteiger partial charge in [0.25, 0.3) is 0 Å². The minimum Gasteiger partial charge on any atom is -0.378 e. The van der Waals surface area contributed by atoms with Gasteiger partial charge in [0.2, 0.25) is 10.0 Å². The molecule has 0 aliphatic rings. The normalized spacial score (nSPS) is 16.1. The van der Waals surface area contributed by atoms with Crippen molar-refractivity contribution in [1.29, 1.82) is 0 Å². The molecule has 0 amide bonds. The van der Waals surface area contributed by atoms with Gasteiger partial charge in [-0.25, -0.2) is 13.1 Å². The lowest BCUT2D eigenvalue weighted by atomic mass is 9.97. The Kier molecular flexibility index (Phi) is 7.63. The molecule has 0 spiro atoms. The van der Waals surface area contributed by atoms with Crippen molar-refractivity contribution in [2.45, 2.75) is 52.2 Å². The number of sulfonamides is 1. The highest BCUT2D eigenvalue weighted by molar-refractivity contribution is 7.89. The van der Waals surface area contributed by atoms with Crippen LogP contribution in [0.5, 0.6) is 0 Å². The second kappa shape index (κ2) is 7.56. The van der Waals surface area contributed by atoms with Gasteiger partial charge in [0.1, 0.15) is 0 Å². The Morgan fingerprint density at radius 2 is 2.00 bits per heavy atom. The molecule has 0 aliphatic heterocycles. The van der Waals surface area contributed by atoms with Crippen molar-refractivity contribution >= 4 is 21.6 Å². The molecule has 104 valence electrons. The van der Waals surface area contributed by atoms with Gasteiger partial charge in [-0.1, -0.05) is 6.92 Å². The van der Waals surface area contributed by atoms with Crippen LogP contribution in [0.3, 0.4) is 0 Å². The van der Waals surface area contributed by atoms with Crippen molar-refractivity contribution in [1.82, 2.24) is 4.72 Å². The minimum atomic E-state index is -3.30. The van der Waals surface area contributed by atoms with Crippen molar-refractivity contribution < 1.29 is 13.2 Å². The molecule has 0 saturated heterocycles. The predicted molar refractivity (Wildman–Crippen MR) is 72.0 cm³/mol. The molecule has 0 aliphatic carbocycles. The summed E-state index contributed by atoms with van der Waals surface area (Å²) in [5.74, 6) is 0.429. The van der Waals surface area contributed by atoms with Crippen LogP contribution in [-0.4, -0.2) is 38.3 Å². The van der Waals surface area contributed by atoms with Crippen molar-refractivity contribution in [3.8, 4) is 0 Å². The zero-order valence-corrected chi connectivity index (χ0v) is 12.7. The SMILES string of the molecule is CCC(C)(CCCl)NS(=O)(=O)CCOC(C)C. The molecule has 0 heterocycles. The first-order valence-corrected chi connectivity index (χ1v) is 8.12. The van der Waals surface area contributed by atoms with Crippen molar-refractivity contribution in [2.75, 3.05) is 18.2 Å². The summed E-state index contributed by atoms with van der Waals surface area (Å²) >= 11 is 5.68. The molecule has 1 atom stereocenters. The molecule has 0 saturated carbocycles. The van der Waals surface area contributed by atoms with Crippen LogP contribution in [0, 0.1) is 0 Å². The van der Waals surface area contributed by atoms with E-state index in [-0.39, 0.29) is 18.5 Å². The van der Waals surface area contributed by atoms with Crippen molar-refractivity contribution in [2.24, 2.45) is 0 Å². The van der Waals surface area contributed by atoms with Crippen LogP contribution in [0.25, 0.3) is 0 Å². The van der Waals surface area contributed by atoms with Gasteiger partial charge in [-0.3, -0.25) is 0 Å². The highest BCUT2D eigenvalue weighted by Crippen LogP contribution is 2.16. The van der Waals surface area contributed by atoms with Crippen molar-refractivity contribution in [3.05, 3.63) is 0 Å². The van der Waals surface area contributed by atoms with E-state index in [0.29, 0.717) is 18.7 Å². The van der Waals surface area contributed by atoms with Crippen LogP contribution >= 0.6 is 11.6 Å². The maximum atomic E-state index is 11.8. The standard InChI is InChI=1S/C11H24ClNO3S/c1-5-11(4,6-7-12)13-17(14,15)9-8-16-10(2)3/h10,13H,5-9H2,1-4H3. The van der Waals surface area contributed by atoms with Crippen LogP contribution in [0.1, 0.15) is 40.5 Å². The molecule has 6 heteroatoms. The first-order chi connectivity index (χ1) is 7.74. The van der Waals surface area contributed by atoms with E-state index in [1.807, 2.05) is 27.7 Å². The maximum absolute atomic E-state index is 11.8.